The maximum atomic E-state index is 12.9. The highest BCUT2D eigenvalue weighted by Gasteiger charge is 2.42. The largest absolute Gasteiger partial charge is 0.338 e. The molecule has 0 saturated carbocycles. The maximum absolute atomic E-state index is 12.9. The Morgan fingerprint density at radius 1 is 1.20 bits per heavy atom. The number of hydrogen-bond acceptors (Lipinski definition) is 3. The van der Waals surface area contributed by atoms with Crippen LogP contribution in [-0.4, -0.2) is 49.4 Å². The molecule has 3 rings (SSSR count). The number of hydrogen-bond donors (Lipinski definition) is 1. The molecule has 0 aliphatic carbocycles. The van der Waals surface area contributed by atoms with E-state index in [0.29, 0.717) is 13.0 Å². The number of amides is 2. The molecular weight excluding hydrogens is 338 g/mol. The van der Waals surface area contributed by atoms with Crippen molar-refractivity contribution in [1.29, 1.82) is 0 Å². The van der Waals surface area contributed by atoms with Crippen molar-refractivity contribution in [1.82, 2.24) is 10.2 Å². The standard InChI is InChI=1S/C19H27N3O2.ClH/c1-13-6-7-15(11-14(13)2)22-10-8-17(19(22)24)18(23)21-9-4-5-16(21)12-20-3;/h6-7,11,16-17,20H,4-5,8-10,12H2,1-3H3;1H. The third-order valence-electron chi connectivity index (χ3n) is 5.41. The highest BCUT2D eigenvalue weighted by atomic mass is 35.5. The Morgan fingerprint density at radius 2 is 1.96 bits per heavy atom. The van der Waals surface area contributed by atoms with Gasteiger partial charge in [0.2, 0.25) is 11.8 Å². The summed E-state index contributed by atoms with van der Waals surface area (Å²) in [5.74, 6) is -0.536. The molecule has 25 heavy (non-hydrogen) atoms. The first-order valence-electron chi connectivity index (χ1n) is 8.86. The number of nitrogens with one attached hydrogen (secondary N) is 1. The minimum atomic E-state index is -0.510. The van der Waals surface area contributed by atoms with Crippen molar-refractivity contribution in [2.45, 2.75) is 39.2 Å². The molecule has 1 aromatic rings. The van der Waals surface area contributed by atoms with Crippen molar-refractivity contribution < 1.29 is 9.59 Å². The molecule has 2 aliphatic rings. The monoisotopic (exact) mass is 365 g/mol. The maximum Gasteiger partial charge on any atom is 0.239 e. The van der Waals surface area contributed by atoms with Crippen LogP contribution in [0.4, 0.5) is 5.69 Å². The number of carbonyl (C=O) groups excluding carboxylic acids is 2. The fourth-order valence-electron chi connectivity index (χ4n) is 3.83. The Balaban J connectivity index is 0.00000225. The topological polar surface area (TPSA) is 52.7 Å². The molecule has 2 saturated heterocycles. The Bertz CT molecular complexity index is 650. The lowest BCUT2D eigenvalue weighted by Crippen LogP contribution is -2.45. The van der Waals surface area contributed by atoms with Crippen LogP contribution < -0.4 is 10.2 Å². The molecule has 2 unspecified atom stereocenters. The second-order valence-corrected chi connectivity index (χ2v) is 6.99. The zero-order valence-corrected chi connectivity index (χ0v) is 16.1. The molecule has 2 aliphatic heterocycles. The number of likely N-dealkylation sites (tertiary alicyclic amines) is 1. The second-order valence-electron chi connectivity index (χ2n) is 6.99. The predicted molar refractivity (Wildman–Crippen MR) is 102 cm³/mol. The van der Waals surface area contributed by atoms with Crippen LogP contribution in [0.15, 0.2) is 18.2 Å². The van der Waals surface area contributed by atoms with E-state index in [9.17, 15) is 9.59 Å². The highest BCUT2D eigenvalue weighted by Crippen LogP contribution is 2.30. The Morgan fingerprint density at radius 3 is 2.64 bits per heavy atom. The lowest BCUT2D eigenvalue weighted by Gasteiger charge is -2.27. The number of carbonyl (C=O) groups is 2. The molecule has 2 fully saturated rings. The van der Waals surface area contributed by atoms with Crippen LogP contribution in [0, 0.1) is 19.8 Å². The smallest absolute Gasteiger partial charge is 0.239 e. The summed E-state index contributed by atoms with van der Waals surface area (Å²) in [5.41, 5.74) is 3.29. The van der Waals surface area contributed by atoms with Crippen molar-refractivity contribution >= 4 is 29.9 Å². The summed E-state index contributed by atoms with van der Waals surface area (Å²) in [4.78, 5) is 29.4. The van der Waals surface area contributed by atoms with Gasteiger partial charge in [-0.05, 0) is 63.4 Å². The quantitative estimate of drug-likeness (QED) is 0.833. The average molecular weight is 366 g/mol. The molecule has 1 aromatic carbocycles. The van der Waals surface area contributed by atoms with Gasteiger partial charge in [0.05, 0.1) is 0 Å². The number of halogens is 1. The first-order chi connectivity index (χ1) is 11.5. The van der Waals surface area contributed by atoms with E-state index in [1.165, 1.54) is 11.1 Å². The van der Waals surface area contributed by atoms with Crippen molar-refractivity contribution in [2.24, 2.45) is 5.92 Å². The molecule has 2 atom stereocenters. The molecule has 0 radical (unpaired) electrons. The van der Waals surface area contributed by atoms with Crippen LogP contribution in [0.3, 0.4) is 0 Å². The van der Waals surface area contributed by atoms with Crippen LogP contribution in [-0.2, 0) is 9.59 Å². The average Bonchev–Trinajstić information content (AvgIpc) is 3.17. The molecule has 0 spiro atoms. The van der Waals surface area contributed by atoms with Gasteiger partial charge in [-0.3, -0.25) is 9.59 Å². The normalized spacial score (nSPS) is 23.1. The molecule has 2 amide bonds. The van der Waals surface area contributed by atoms with Crippen LogP contribution in [0.5, 0.6) is 0 Å². The number of anilines is 1. The van der Waals surface area contributed by atoms with E-state index in [1.807, 2.05) is 30.1 Å². The van der Waals surface area contributed by atoms with Gasteiger partial charge in [0.25, 0.3) is 0 Å². The first-order valence-corrected chi connectivity index (χ1v) is 8.86. The van der Waals surface area contributed by atoms with E-state index in [1.54, 1.807) is 4.90 Å². The molecule has 138 valence electrons. The number of likely N-dealkylation sites (N-methyl/N-ethyl adjacent to an activating group) is 1. The summed E-state index contributed by atoms with van der Waals surface area (Å²) in [6, 6.07) is 6.29. The summed E-state index contributed by atoms with van der Waals surface area (Å²) in [7, 11) is 1.91. The summed E-state index contributed by atoms with van der Waals surface area (Å²) in [5, 5.41) is 3.15. The predicted octanol–water partition coefficient (Wildman–Crippen LogP) is 2.29. The van der Waals surface area contributed by atoms with E-state index in [-0.39, 0.29) is 30.3 Å². The molecule has 6 heteroatoms. The summed E-state index contributed by atoms with van der Waals surface area (Å²) in [6.07, 6.45) is 2.67. The van der Waals surface area contributed by atoms with E-state index in [0.717, 1.165) is 31.6 Å². The molecule has 1 N–H and O–H groups in total. The number of nitrogens with zero attached hydrogens (tertiary/aromatic N) is 2. The van der Waals surface area contributed by atoms with Crippen LogP contribution >= 0.6 is 12.4 Å². The van der Waals surface area contributed by atoms with E-state index in [4.69, 9.17) is 0 Å². The molecular formula is C19H28ClN3O2. The highest BCUT2D eigenvalue weighted by molar-refractivity contribution is 6.09. The summed E-state index contributed by atoms with van der Waals surface area (Å²) < 4.78 is 0. The molecule has 2 heterocycles. The van der Waals surface area contributed by atoms with Crippen LogP contribution in [0.25, 0.3) is 0 Å². The number of rotatable bonds is 4. The van der Waals surface area contributed by atoms with E-state index >= 15 is 0 Å². The second kappa shape index (κ2) is 8.19. The van der Waals surface area contributed by atoms with Crippen molar-refractivity contribution in [2.75, 3.05) is 31.6 Å². The third-order valence-corrected chi connectivity index (χ3v) is 5.41. The minimum Gasteiger partial charge on any atom is -0.338 e. The molecule has 0 aromatic heterocycles. The van der Waals surface area contributed by atoms with Gasteiger partial charge in [-0.15, -0.1) is 12.4 Å². The summed E-state index contributed by atoms with van der Waals surface area (Å²) >= 11 is 0. The van der Waals surface area contributed by atoms with Gasteiger partial charge in [0.1, 0.15) is 5.92 Å². The van der Waals surface area contributed by atoms with E-state index < -0.39 is 5.92 Å². The fraction of sp³-hybridized carbons (Fsp3) is 0.579. The first kappa shape index (κ1) is 19.7. The fourth-order valence-corrected chi connectivity index (χ4v) is 3.83. The van der Waals surface area contributed by atoms with Gasteiger partial charge < -0.3 is 15.1 Å². The number of aryl methyl sites for hydroxylation is 2. The molecule has 0 bridgehead atoms. The Labute approximate surface area is 156 Å². The lowest BCUT2D eigenvalue weighted by atomic mass is 10.1. The van der Waals surface area contributed by atoms with Crippen LogP contribution in [0.2, 0.25) is 0 Å². The van der Waals surface area contributed by atoms with Gasteiger partial charge in [-0.1, -0.05) is 6.07 Å². The van der Waals surface area contributed by atoms with E-state index in [2.05, 4.69) is 19.2 Å². The Kier molecular flexibility index (Phi) is 6.47. The number of benzene rings is 1. The molecule has 5 nitrogen and oxygen atoms in total. The SMILES string of the molecule is CNCC1CCCN1C(=O)C1CCN(c2ccc(C)c(C)c2)C1=O.Cl. The van der Waals surface area contributed by atoms with Crippen molar-refractivity contribution in [3.8, 4) is 0 Å². The van der Waals surface area contributed by atoms with Crippen molar-refractivity contribution in [3.63, 3.8) is 0 Å². The van der Waals surface area contributed by atoms with Crippen molar-refractivity contribution in [3.05, 3.63) is 29.3 Å². The van der Waals surface area contributed by atoms with Gasteiger partial charge in [-0.2, -0.15) is 0 Å². The zero-order chi connectivity index (χ0) is 17.3. The summed E-state index contributed by atoms with van der Waals surface area (Å²) in [6.45, 7) is 6.31. The van der Waals surface area contributed by atoms with Gasteiger partial charge in [0, 0.05) is 31.4 Å². The lowest BCUT2D eigenvalue weighted by molar-refractivity contribution is -0.140. The van der Waals surface area contributed by atoms with Gasteiger partial charge >= 0.3 is 0 Å². The minimum absolute atomic E-state index is 0. The van der Waals surface area contributed by atoms with Crippen LogP contribution in [0.1, 0.15) is 30.4 Å². The van der Waals surface area contributed by atoms with Gasteiger partial charge in [-0.25, -0.2) is 0 Å². The van der Waals surface area contributed by atoms with Gasteiger partial charge in [0.15, 0.2) is 0 Å². The third kappa shape index (κ3) is 3.82. The Hall–Kier alpha value is -1.59. The zero-order valence-electron chi connectivity index (χ0n) is 15.2.